The van der Waals surface area contributed by atoms with Crippen LogP contribution < -0.4 is 11.1 Å². The van der Waals surface area contributed by atoms with Gasteiger partial charge in [-0.05, 0) is 12.1 Å². The summed E-state index contributed by atoms with van der Waals surface area (Å²) in [7, 11) is 1.85. The van der Waals surface area contributed by atoms with E-state index in [0.29, 0.717) is 11.5 Å². The summed E-state index contributed by atoms with van der Waals surface area (Å²) >= 11 is 0. The van der Waals surface area contributed by atoms with Crippen LogP contribution in [0.4, 0.5) is 11.6 Å². The van der Waals surface area contributed by atoms with Crippen molar-refractivity contribution in [2.75, 3.05) is 18.1 Å². The number of fused-ring (bicyclic) bond motifs is 1. The molecule has 0 atom stereocenters. The second-order valence-corrected chi connectivity index (χ2v) is 5.36. The molecule has 0 saturated carbocycles. The van der Waals surface area contributed by atoms with Gasteiger partial charge in [0.25, 0.3) is 0 Å². The molecule has 0 fully saturated rings. The van der Waals surface area contributed by atoms with E-state index in [1.807, 2.05) is 60.1 Å². The Kier molecular flexibility index (Phi) is 3.35. The largest absolute Gasteiger partial charge is 0.381 e. The van der Waals surface area contributed by atoms with Crippen molar-refractivity contribution in [1.29, 1.82) is 0 Å². The highest BCUT2D eigenvalue weighted by Crippen LogP contribution is 2.33. The predicted molar refractivity (Wildman–Crippen MR) is 95.6 cm³/mol. The fourth-order valence-electron chi connectivity index (χ4n) is 2.80. The SMILES string of the molecule is CNc1cc(-c2c(-c3ccccc3)nc(N)c3nccn23)ccn1. The Morgan fingerprint density at radius 2 is 1.83 bits per heavy atom. The van der Waals surface area contributed by atoms with Gasteiger partial charge in [-0.2, -0.15) is 0 Å². The van der Waals surface area contributed by atoms with Gasteiger partial charge < -0.3 is 11.1 Å². The van der Waals surface area contributed by atoms with Crippen LogP contribution >= 0.6 is 0 Å². The lowest BCUT2D eigenvalue weighted by molar-refractivity contribution is 1.14. The van der Waals surface area contributed by atoms with E-state index in [1.54, 1.807) is 12.4 Å². The molecule has 3 heterocycles. The number of nitrogen functional groups attached to an aromatic ring is 1. The number of nitrogens with two attached hydrogens (primary N) is 1. The fourth-order valence-corrected chi connectivity index (χ4v) is 2.80. The summed E-state index contributed by atoms with van der Waals surface area (Å²) in [5.41, 5.74) is 10.5. The normalized spacial score (nSPS) is 10.9. The number of rotatable bonds is 3. The van der Waals surface area contributed by atoms with Crippen molar-refractivity contribution in [3.63, 3.8) is 0 Å². The number of nitrogens with one attached hydrogen (secondary N) is 1. The molecule has 0 aliphatic rings. The van der Waals surface area contributed by atoms with Gasteiger partial charge in [-0.3, -0.25) is 4.40 Å². The monoisotopic (exact) mass is 316 g/mol. The van der Waals surface area contributed by atoms with E-state index in [4.69, 9.17) is 5.73 Å². The van der Waals surface area contributed by atoms with Crippen LogP contribution in [0.25, 0.3) is 28.2 Å². The van der Waals surface area contributed by atoms with Crippen LogP contribution in [-0.4, -0.2) is 26.4 Å². The van der Waals surface area contributed by atoms with Gasteiger partial charge >= 0.3 is 0 Å². The van der Waals surface area contributed by atoms with Crippen molar-refractivity contribution in [2.45, 2.75) is 0 Å². The van der Waals surface area contributed by atoms with Crippen LogP contribution in [0.1, 0.15) is 0 Å². The Bertz CT molecular complexity index is 1010. The molecule has 24 heavy (non-hydrogen) atoms. The summed E-state index contributed by atoms with van der Waals surface area (Å²) in [6.45, 7) is 0. The van der Waals surface area contributed by atoms with Crippen LogP contribution in [0.5, 0.6) is 0 Å². The second-order valence-electron chi connectivity index (χ2n) is 5.36. The Labute approximate surface area is 139 Å². The van der Waals surface area contributed by atoms with Crippen molar-refractivity contribution in [1.82, 2.24) is 19.4 Å². The fraction of sp³-hybridized carbons (Fsp3) is 0.0556. The van der Waals surface area contributed by atoms with Gasteiger partial charge in [-0.15, -0.1) is 0 Å². The quantitative estimate of drug-likeness (QED) is 0.607. The molecule has 0 radical (unpaired) electrons. The molecule has 0 saturated heterocycles. The number of hydrogen-bond acceptors (Lipinski definition) is 5. The number of imidazole rings is 1. The van der Waals surface area contributed by atoms with Crippen LogP contribution in [-0.2, 0) is 0 Å². The van der Waals surface area contributed by atoms with Gasteiger partial charge in [0.05, 0.1) is 11.4 Å². The Hall–Kier alpha value is -3.41. The summed E-state index contributed by atoms with van der Waals surface area (Å²) in [5, 5.41) is 3.07. The van der Waals surface area contributed by atoms with E-state index in [0.717, 1.165) is 28.3 Å². The molecule has 0 aliphatic carbocycles. The summed E-state index contributed by atoms with van der Waals surface area (Å²) < 4.78 is 1.97. The Balaban J connectivity index is 2.08. The zero-order valence-corrected chi connectivity index (χ0v) is 13.1. The molecular formula is C18H16N6. The van der Waals surface area contributed by atoms with E-state index in [2.05, 4.69) is 20.3 Å². The number of aromatic nitrogens is 4. The minimum absolute atomic E-state index is 0.408. The molecule has 3 aromatic heterocycles. The number of pyridine rings is 1. The van der Waals surface area contributed by atoms with Gasteiger partial charge in [-0.25, -0.2) is 15.0 Å². The first kappa shape index (κ1) is 14.2. The zero-order valence-electron chi connectivity index (χ0n) is 13.1. The second kappa shape index (κ2) is 5.66. The van der Waals surface area contributed by atoms with Crippen molar-refractivity contribution < 1.29 is 0 Å². The molecule has 4 aromatic rings. The molecule has 4 rings (SSSR count). The Morgan fingerprint density at radius 1 is 1.00 bits per heavy atom. The molecule has 6 nitrogen and oxygen atoms in total. The van der Waals surface area contributed by atoms with E-state index >= 15 is 0 Å². The van der Waals surface area contributed by atoms with E-state index < -0.39 is 0 Å². The van der Waals surface area contributed by atoms with Crippen LogP contribution in [0.15, 0.2) is 61.1 Å². The first-order valence-corrected chi connectivity index (χ1v) is 7.60. The van der Waals surface area contributed by atoms with Gasteiger partial charge in [-0.1, -0.05) is 30.3 Å². The van der Waals surface area contributed by atoms with Gasteiger partial charge in [0, 0.05) is 36.8 Å². The van der Waals surface area contributed by atoms with Crippen molar-refractivity contribution in [2.24, 2.45) is 0 Å². The lowest BCUT2D eigenvalue weighted by Gasteiger charge is -2.14. The van der Waals surface area contributed by atoms with Crippen molar-refractivity contribution in [3.8, 4) is 22.5 Å². The van der Waals surface area contributed by atoms with E-state index in [9.17, 15) is 0 Å². The molecule has 0 bridgehead atoms. The highest BCUT2D eigenvalue weighted by Gasteiger charge is 2.17. The maximum Gasteiger partial charge on any atom is 0.180 e. The number of hydrogen-bond donors (Lipinski definition) is 2. The van der Waals surface area contributed by atoms with Gasteiger partial charge in [0.1, 0.15) is 5.82 Å². The third-order valence-corrected chi connectivity index (χ3v) is 3.90. The molecule has 0 unspecified atom stereocenters. The van der Waals surface area contributed by atoms with Gasteiger partial charge in [0.15, 0.2) is 11.5 Å². The molecule has 0 spiro atoms. The number of anilines is 2. The number of benzene rings is 1. The molecule has 118 valence electrons. The highest BCUT2D eigenvalue weighted by molar-refractivity contribution is 5.83. The third-order valence-electron chi connectivity index (χ3n) is 3.90. The third kappa shape index (κ3) is 2.25. The van der Waals surface area contributed by atoms with E-state index in [1.165, 1.54) is 0 Å². The number of nitrogens with zero attached hydrogens (tertiary/aromatic N) is 4. The lowest BCUT2D eigenvalue weighted by atomic mass is 10.0. The van der Waals surface area contributed by atoms with E-state index in [-0.39, 0.29) is 0 Å². The summed E-state index contributed by atoms with van der Waals surface area (Å²) in [5.74, 6) is 1.20. The maximum atomic E-state index is 6.12. The standard InChI is InChI=1S/C18H16N6/c1-20-14-11-13(7-8-21-14)16-15(12-5-3-2-4-6-12)23-17(19)18-22-9-10-24(16)18/h2-11H,1H3,(H2,19,23)(H,20,21). The van der Waals surface area contributed by atoms with Crippen LogP contribution in [0.3, 0.4) is 0 Å². The van der Waals surface area contributed by atoms with Crippen LogP contribution in [0.2, 0.25) is 0 Å². The average molecular weight is 316 g/mol. The Morgan fingerprint density at radius 3 is 2.62 bits per heavy atom. The molecular weight excluding hydrogens is 300 g/mol. The highest BCUT2D eigenvalue weighted by atomic mass is 15.1. The first-order chi connectivity index (χ1) is 11.8. The zero-order chi connectivity index (χ0) is 16.5. The molecule has 6 heteroatoms. The topological polar surface area (TPSA) is 81.1 Å². The summed E-state index contributed by atoms with van der Waals surface area (Å²) in [6.07, 6.45) is 5.40. The van der Waals surface area contributed by atoms with Crippen LogP contribution in [0, 0.1) is 0 Å². The van der Waals surface area contributed by atoms with Crippen molar-refractivity contribution >= 4 is 17.3 Å². The molecule has 1 aromatic carbocycles. The average Bonchev–Trinajstić information content (AvgIpc) is 3.12. The predicted octanol–water partition coefficient (Wildman–Crippen LogP) is 3.08. The first-order valence-electron chi connectivity index (χ1n) is 7.60. The molecule has 0 aliphatic heterocycles. The molecule has 0 amide bonds. The minimum atomic E-state index is 0.408. The lowest BCUT2D eigenvalue weighted by Crippen LogP contribution is -2.04. The van der Waals surface area contributed by atoms with Gasteiger partial charge in [0.2, 0.25) is 0 Å². The molecule has 3 N–H and O–H groups in total. The smallest absolute Gasteiger partial charge is 0.180 e. The minimum Gasteiger partial charge on any atom is -0.381 e. The maximum absolute atomic E-state index is 6.12. The summed E-state index contributed by atoms with van der Waals surface area (Å²) in [4.78, 5) is 13.2. The van der Waals surface area contributed by atoms with Crippen molar-refractivity contribution in [3.05, 3.63) is 61.1 Å². The summed E-state index contributed by atoms with van der Waals surface area (Å²) in [6, 6.07) is 13.9.